The monoisotopic (exact) mass is 254 g/mol. The van der Waals surface area contributed by atoms with E-state index in [1.807, 2.05) is 11.8 Å². The first-order valence-corrected chi connectivity index (χ1v) is 6.21. The lowest BCUT2D eigenvalue weighted by Crippen LogP contribution is -2.61. The van der Waals surface area contributed by atoms with Crippen molar-refractivity contribution in [2.45, 2.75) is 25.4 Å². The number of carbonyl (C=O) groups excluding carboxylic acids is 3. The lowest BCUT2D eigenvalue weighted by Gasteiger charge is -2.37. The zero-order chi connectivity index (χ0) is 13.1. The van der Waals surface area contributed by atoms with Gasteiger partial charge in [-0.15, -0.1) is 0 Å². The van der Waals surface area contributed by atoms with E-state index in [4.69, 9.17) is 0 Å². The molecule has 0 aromatic heterocycles. The Morgan fingerprint density at radius 2 is 2.28 bits per heavy atom. The van der Waals surface area contributed by atoms with Gasteiger partial charge in [0.15, 0.2) is 0 Å². The van der Waals surface area contributed by atoms with Crippen LogP contribution in [0.3, 0.4) is 0 Å². The second-order valence-electron chi connectivity index (χ2n) is 4.48. The van der Waals surface area contributed by atoms with Gasteiger partial charge in [0.05, 0.1) is 12.5 Å². The van der Waals surface area contributed by atoms with Gasteiger partial charge in [-0.05, 0) is 6.92 Å². The van der Waals surface area contributed by atoms with E-state index in [2.05, 4.69) is 16.0 Å². The molecule has 0 saturated carbocycles. The van der Waals surface area contributed by atoms with Crippen LogP contribution >= 0.6 is 0 Å². The average Bonchev–Trinajstić information content (AvgIpc) is 2.69. The number of nitrogens with one attached hydrogen (secondary N) is 3. The van der Waals surface area contributed by atoms with Crippen LogP contribution in [0.5, 0.6) is 0 Å². The summed E-state index contributed by atoms with van der Waals surface area (Å²) in [4.78, 5) is 36.7. The van der Waals surface area contributed by atoms with Crippen molar-refractivity contribution in [3.63, 3.8) is 0 Å². The lowest BCUT2D eigenvalue weighted by molar-refractivity contribution is -0.131. The van der Waals surface area contributed by atoms with Crippen molar-refractivity contribution < 1.29 is 14.4 Å². The first-order valence-electron chi connectivity index (χ1n) is 6.21. The van der Waals surface area contributed by atoms with Gasteiger partial charge >= 0.3 is 0 Å². The Morgan fingerprint density at radius 3 is 2.89 bits per heavy atom. The summed E-state index contributed by atoms with van der Waals surface area (Å²) in [6.45, 7) is 4.22. The zero-order valence-corrected chi connectivity index (χ0v) is 10.4. The van der Waals surface area contributed by atoms with Gasteiger partial charge in [0.2, 0.25) is 17.7 Å². The van der Waals surface area contributed by atoms with Crippen LogP contribution in [-0.4, -0.2) is 60.9 Å². The quantitative estimate of drug-likeness (QED) is 0.498. The molecule has 0 spiro atoms. The summed E-state index contributed by atoms with van der Waals surface area (Å²) in [5.74, 6) is -0.661. The number of hydrogen-bond donors (Lipinski definition) is 3. The number of piperazine rings is 1. The van der Waals surface area contributed by atoms with Crippen molar-refractivity contribution in [3.05, 3.63) is 0 Å². The summed E-state index contributed by atoms with van der Waals surface area (Å²) >= 11 is 0. The summed E-state index contributed by atoms with van der Waals surface area (Å²) in [5.41, 5.74) is 0. The maximum absolute atomic E-state index is 11.9. The molecule has 100 valence electrons. The first kappa shape index (κ1) is 13.0. The van der Waals surface area contributed by atoms with Crippen LogP contribution in [0.1, 0.15) is 13.3 Å². The highest BCUT2D eigenvalue weighted by Gasteiger charge is 2.41. The summed E-state index contributed by atoms with van der Waals surface area (Å²) in [7, 11) is 0. The van der Waals surface area contributed by atoms with Gasteiger partial charge < -0.3 is 10.6 Å². The molecule has 2 rings (SSSR count). The molecule has 0 radical (unpaired) electrons. The summed E-state index contributed by atoms with van der Waals surface area (Å²) < 4.78 is 0. The fraction of sp³-hybridized carbons (Fsp3) is 0.727. The fourth-order valence-corrected chi connectivity index (χ4v) is 2.44. The molecule has 7 heteroatoms. The normalized spacial score (nSPS) is 29.2. The predicted molar refractivity (Wildman–Crippen MR) is 63.6 cm³/mol. The van der Waals surface area contributed by atoms with Crippen molar-refractivity contribution in [2.24, 2.45) is 0 Å². The van der Waals surface area contributed by atoms with Crippen molar-refractivity contribution in [3.8, 4) is 0 Å². The highest BCUT2D eigenvalue weighted by molar-refractivity contribution is 6.05. The van der Waals surface area contributed by atoms with Crippen molar-refractivity contribution in [1.29, 1.82) is 0 Å². The van der Waals surface area contributed by atoms with Gasteiger partial charge in [-0.1, -0.05) is 0 Å². The molecule has 18 heavy (non-hydrogen) atoms. The second kappa shape index (κ2) is 5.45. The van der Waals surface area contributed by atoms with Crippen molar-refractivity contribution in [2.75, 3.05) is 26.2 Å². The third-order valence-electron chi connectivity index (χ3n) is 3.28. The van der Waals surface area contributed by atoms with Crippen LogP contribution in [0.4, 0.5) is 0 Å². The summed E-state index contributed by atoms with van der Waals surface area (Å²) in [6, 6.07) is -0.896. The summed E-state index contributed by atoms with van der Waals surface area (Å²) in [5, 5.41) is 8.18. The van der Waals surface area contributed by atoms with E-state index < -0.39 is 6.04 Å². The second-order valence-corrected chi connectivity index (χ2v) is 4.48. The first-order chi connectivity index (χ1) is 8.63. The van der Waals surface area contributed by atoms with E-state index in [-0.39, 0.29) is 30.2 Å². The Balaban J connectivity index is 2.10. The minimum Gasteiger partial charge on any atom is -0.355 e. The van der Waals surface area contributed by atoms with E-state index in [0.29, 0.717) is 26.2 Å². The smallest absolute Gasteiger partial charge is 0.244 e. The van der Waals surface area contributed by atoms with Crippen molar-refractivity contribution >= 4 is 17.7 Å². The number of amides is 3. The topological polar surface area (TPSA) is 90.5 Å². The fourth-order valence-electron chi connectivity index (χ4n) is 2.44. The molecule has 2 saturated heterocycles. The zero-order valence-electron chi connectivity index (χ0n) is 10.4. The van der Waals surface area contributed by atoms with E-state index in [0.717, 1.165) is 0 Å². The molecule has 0 aliphatic carbocycles. The van der Waals surface area contributed by atoms with Crippen molar-refractivity contribution in [1.82, 2.24) is 20.9 Å². The Kier molecular flexibility index (Phi) is 3.93. The van der Waals surface area contributed by atoms with Crippen LogP contribution in [0.25, 0.3) is 0 Å². The molecule has 3 amide bonds. The van der Waals surface area contributed by atoms with Crippen LogP contribution in [0.2, 0.25) is 0 Å². The Morgan fingerprint density at radius 1 is 1.50 bits per heavy atom. The molecule has 7 nitrogen and oxygen atoms in total. The molecule has 0 aromatic carbocycles. The van der Waals surface area contributed by atoms with Gasteiger partial charge in [0.1, 0.15) is 6.04 Å². The summed E-state index contributed by atoms with van der Waals surface area (Å²) in [6.07, 6.45) is 0.148. The van der Waals surface area contributed by atoms with E-state index >= 15 is 0 Å². The van der Waals surface area contributed by atoms with Crippen LogP contribution in [0, 0.1) is 0 Å². The molecule has 0 bridgehead atoms. The third kappa shape index (κ3) is 2.51. The van der Waals surface area contributed by atoms with Crippen LogP contribution in [-0.2, 0) is 14.4 Å². The number of likely N-dealkylation sites (N-methyl/N-ethyl adjacent to an activating group) is 1. The maximum atomic E-state index is 11.9. The Bertz CT molecular complexity index is 371. The maximum Gasteiger partial charge on any atom is 0.244 e. The number of nitrogens with zero attached hydrogens (tertiary/aromatic N) is 1. The van der Waals surface area contributed by atoms with Gasteiger partial charge in [-0.3, -0.25) is 24.6 Å². The highest BCUT2D eigenvalue weighted by Crippen LogP contribution is 2.16. The van der Waals surface area contributed by atoms with Gasteiger partial charge in [0.25, 0.3) is 0 Å². The largest absolute Gasteiger partial charge is 0.355 e. The Hall–Kier alpha value is -1.47. The van der Waals surface area contributed by atoms with Gasteiger partial charge in [-0.2, -0.15) is 0 Å². The molecular formula is C11H18N4O3. The molecule has 2 atom stereocenters. The molecular weight excluding hydrogens is 236 g/mol. The number of hydrogen-bond acceptors (Lipinski definition) is 5. The SMILES string of the molecule is CCNC(=O)C1CNCCN1C1CC(=O)NC1=O. The minimum atomic E-state index is -0.507. The van der Waals surface area contributed by atoms with Crippen LogP contribution in [0.15, 0.2) is 0 Å². The van der Waals surface area contributed by atoms with E-state index in [1.54, 1.807) is 0 Å². The molecule has 2 aliphatic rings. The van der Waals surface area contributed by atoms with Gasteiger partial charge in [-0.25, -0.2) is 0 Å². The van der Waals surface area contributed by atoms with E-state index in [9.17, 15) is 14.4 Å². The van der Waals surface area contributed by atoms with Crippen LogP contribution < -0.4 is 16.0 Å². The molecule has 0 aromatic rings. The molecule has 2 aliphatic heterocycles. The number of imide groups is 1. The predicted octanol–water partition coefficient (Wildman–Crippen LogP) is -2.19. The average molecular weight is 254 g/mol. The number of rotatable bonds is 3. The molecule has 2 fully saturated rings. The lowest BCUT2D eigenvalue weighted by atomic mass is 10.1. The Labute approximate surface area is 105 Å². The third-order valence-corrected chi connectivity index (χ3v) is 3.28. The van der Waals surface area contributed by atoms with Gasteiger partial charge in [0, 0.05) is 26.2 Å². The molecule has 3 N–H and O–H groups in total. The molecule has 2 unspecified atom stereocenters. The number of carbonyl (C=O) groups is 3. The highest BCUT2D eigenvalue weighted by atomic mass is 16.2. The standard InChI is InChI=1S/C11H18N4O3/c1-2-13-10(17)8-6-12-3-4-15(8)7-5-9(16)14-11(7)18/h7-8,12H,2-6H2,1H3,(H,13,17)(H,14,16,18). The van der Waals surface area contributed by atoms with E-state index in [1.165, 1.54) is 0 Å². The minimum absolute atomic E-state index is 0.100. The molecule has 2 heterocycles.